The third kappa shape index (κ3) is 3.30. The molecule has 0 atom stereocenters. The number of nitrogens with zero attached hydrogens (tertiary/aromatic N) is 1. The lowest BCUT2D eigenvalue weighted by Crippen LogP contribution is -2.09. The van der Waals surface area contributed by atoms with Gasteiger partial charge in [-0.25, -0.2) is 9.78 Å². The highest BCUT2D eigenvalue weighted by atomic mass is 79.9. The van der Waals surface area contributed by atoms with E-state index in [1.54, 1.807) is 0 Å². The molecule has 0 aliphatic carbocycles. The second-order valence-electron chi connectivity index (χ2n) is 3.01. The molecule has 0 aliphatic rings. The summed E-state index contributed by atoms with van der Waals surface area (Å²) < 4.78 is 5.18. The quantitative estimate of drug-likeness (QED) is 0.679. The summed E-state index contributed by atoms with van der Waals surface area (Å²) in [6.07, 6.45) is 1.00. The molecular weight excluding hydrogens is 278 g/mol. The average Bonchev–Trinajstić information content (AvgIpc) is 2.21. The zero-order chi connectivity index (χ0) is 12.1. The Kier molecular flexibility index (Phi) is 4.42. The predicted octanol–water partition coefficient (Wildman–Crippen LogP) is 2.25. The van der Waals surface area contributed by atoms with Gasteiger partial charge in [0.1, 0.15) is 10.3 Å². The molecule has 1 heterocycles. The van der Waals surface area contributed by atoms with Crippen LogP contribution < -0.4 is 4.74 Å². The highest BCUT2D eigenvalue weighted by Gasteiger charge is 2.11. The summed E-state index contributed by atoms with van der Waals surface area (Å²) in [7, 11) is 0. The van der Waals surface area contributed by atoms with Crippen LogP contribution in [0.5, 0.6) is 5.75 Å². The first-order valence-electron chi connectivity index (χ1n) is 4.65. The van der Waals surface area contributed by atoms with Gasteiger partial charge in [-0.15, -0.1) is 0 Å². The standard InChI is InChI=1S/C10H10BrNO4/c1-2-3-8(13)16-7-5-4-6(10(14)15)12-9(7)11/h4-5H,2-3H2,1H3,(H,14,15). The molecule has 1 rings (SSSR count). The lowest BCUT2D eigenvalue weighted by molar-refractivity contribution is -0.134. The lowest BCUT2D eigenvalue weighted by Gasteiger charge is -2.05. The summed E-state index contributed by atoms with van der Waals surface area (Å²) in [4.78, 5) is 25.5. The maximum atomic E-state index is 11.2. The fourth-order valence-corrected chi connectivity index (χ4v) is 1.40. The predicted molar refractivity (Wildman–Crippen MR) is 59.4 cm³/mol. The Morgan fingerprint density at radius 3 is 2.69 bits per heavy atom. The molecule has 0 saturated heterocycles. The van der Waals surface area contributed by atoms with Crippen molar-refractivity contribution in [1.82, 2.24) is 4.98 Å². The van der Waals surface area contributed by atoms with E-state index < -0.39 is 5.97 Å². The van der Waals surface area contributed by atoms with Gasteiger partial charge in [0, 0.05) is 6.42 Å². The minimum absolute atomic E-state index is 0.109. The number of carboxylic acid groups (broad SMARTS) is 1. The van der Waals surface area contributed by atoms with Crippen LogP contribution in [-0.4, -0.2) is 22.0 Å². The molecule has 0 radical (unpaired) electrons. The van der Waals surface area contributed by atoms with Crippen molar-refractivity contribution in [2.24, 2.45) is 0 Å². The molecule has 86 valence electrons. The molecule has 0 amide bonds. The lowest BCUT2D eigenvalue weighted by atomic mass is 10.3. The number of rotatable bonds is 4. The van der Waals surface area contributed by atoms with Crippen molar-refractivity contribution >= 4 is 27.9 Å². The number of hydrogen-bond acceptors (Lipinski definition) is 4. The number of aromatic nitrogens is 1. The zero-order valence-corrected chi connectivity index (χ0v) is 10.2. The molecule has 0 aromatic carbocycles. The highest BCUT2D eigenvalue weighted by Crippen LogP contribution is 2.23. The van der Waals surface area contributed by atoms with Crippen molar-refractivity contribution in [2.45, 2.75) is 19.8 Å². The summed E-state index contributed by atoms with van der Waals surface area (Å²) in [5, 5.41) is 8.68. The van der Waals surface area contributed by atoms with Gasteiger partial charge in [0.05, 0.1) is 0 Å². The number of pyridine rings is 1. The number of halogens is 1. The molecule has 6 heteroatoms. The first-order valence-corrected chi connectivity index (χ1v) is 5.44. The molecule has 0 saturated carbocycles. The Hall–Kier alpha value is -1.43. The van der Waals surface area contributed by atoms with Gasteiger partial charge in [-0.2, -0.15) is 0 Å². The average molecular weight is 288 g/mol. The SMILES string of the molecule is CCCC(=O)Oc1ccc(C(=O)O)nc1Br. The highest BCUT2D eigenvalue weighted by molar-refractivity contribution is 9.10. The Bertz CT molecular complexity index is 419. The minimum atomic E-state index is -1.13. The molecule has 0 aliphatic heterocycles. The molecule has 5 nitrogen and oxygen atoms in total. The Morgan fingerprint density at radius 2 is 2.19 bits per heavy atom. The summed E-state index contributed by atoms with van der Waals surface area (Å²) in [6.45, 7) is 1.86. The van der Waals surface area contributed by atoms with Crippen LogP contribution in [0.3, 0.4) is 0 Å². The fraction of sp³-hybridized carbons (Fsp3) is 0.300. The number of carbonyl (C=O) groups is 2. The first-order chi connectivity index (χ1) is 7.54. The van der Waals surface area contributed by atoms with Gasteiger partial charge in [-0.3, -0.25) is 4.79 Å². The van der Waals surface area contributed by atoms with E-state index in [1.807, 2.05) is 6.92 Å². The van der Waals surface area contributed by atoms with Crippen LogP contribution >= 0.6 is 15.9 Å². The van der Waals surface area contributed by atoms with Gasteiger partial charge in [-0.05, 0) is 34.5 Å². The summed E-state index contributed by atoms with van der Waals surface area (Å²) in [5.74, 6) is -1.27. The maximum absolute atomic E-state index is 11.2. The third-order valence-electron chi connectivity index (χ3n) is 1.71. The number of ether oxygens (including phenoxy) is 1. The Balaban J connectivity index is 2.83. The Morgan fingerprint density at radius 1 is 1.50 bits per heavy atom. The van der Waals surface area contributed by atoms with E-state index in [4.69, 9.17) is 9.84 Å². The molecule has 0 fully saturated rings. The van der Waals surface area contributed by atoms with Crippen molar-refractivity contribution in [3.8, 4) is 5.75 Å². The topological polar surface area (TPSA) is 76.5 Å². The minimum Gasteiger partial charge on any atom is -0.477 e. The molecule has 0 unspecified atom stereocenters. The molecule has 1 N–H and O–H groups in total. The van der Waals surface area contributed by atoms with Crippen LogP contribution in [0.2, 0.25) is 0 Å². The first kappa shape index (κ1) is 12.6. The maximum Gasteiger partial charge on any atom is 0.354 e. The molecule has 1 aromatic rings. The molecular formula is C10H10BrNO4. The van der Waals surface area contributed by atoms with Crippen molar-refractivity contribution in [1.29, 1.82) is 0 Å². The van der Waals surface area contributed by atoms with Crippen LogP contribution in [-0.2, 0) is 4.79 Å². The normalized spacial score (nSPS) is 9.88. The second kappa shape index (κ2) is 5.60. The van der Waals surface area contributed by atoms with E-state index in [1.165, 1.54) is 12.1 Å². The van der Waals surface area contributed by atoms with Crippen LogP contribution in [0, 0.1) is 0 Å². The Labute approximate surface area is 101 Å². The number of carboxylic acids is 1. The molecule has 1 aromatic heterocycles. The van der Waals surface area contributed by atoms with Crippen LogP contribution in [0.1, 0.15) is 30.3 Å². The monoisotopic (exact) mass is 287 g/mol. The number of aromatic carboxylic acids is 1. The van der Waals surface area contributed by atoms with E-state index in [-0.39, 0.29) is 22.0 Å². The van der Waals surface area contributed by atoms with Gasteiger partial charge in [0.25, 0.3) is 0 Å². The van der Waals surface area contributed by atoms with Crippen LogP contribution in [0.4, 0.5) is 0 Å². The van der Waals surface area contributed by atoms with Crippen LogP contribution in [0.25, 0.3) is 0 Å². The van der Waals surface area contributed by atoms with Crippen molar-refractivity contribution < 1.29 is 19.4 Å². The molecule has 16 heavy (non-hydrogen) atoms. The van der Waals surface area contributed by atoms with Gasteiger partial charge in [-0.1, -0.05) is 6.92 Å². The smallest absolute Gasteiger partial charge is 0.354 e. The van der Waals surface area contributed by atoms with Crippen molar-refractivity contribution in [3.05, 3.63) is 22.4 Å². The van der Waals surface area contributed by atoms with Gasteiger partial charge >= 0.3 is 11.9 Å². The largest absolute Gasteiger partial charge is 0.477 e. The summed E-state index contributed by atoms with van der Waals surface area (Å²) in [6, 6.07) is 2.68. The van der Waals surface area contributed by atoms with E-state index in [0.29, 0.717) is 12.8 Å². The van der Waals surface area contributed by atoms with Crippen molar-refractivity contribution in [2.75, 3.05) is 0 Å². The number of carbonyl (C=O) groups excluding carboxylic acids is 1. The zero-order valence-electron chi connectivity index (χ0n) is 8.57. The summed E-state index contributed by atoms with van der Waals surface area (Å²) >= 11 is 3.04. The van der Waals surface area contributed by atoms with E-state index in [0.717, 1.165) is 0 Å². The van der Waals surface area contributed by atoms with Gasteiger partial charge in [0.15, 0.2) is 5.75 Å². The molecule has 0 bridgehead atoms. The van der Waals surface area contributed by atoms with Gasteiger partial charge in [0.2, 0.25) is 0 Å². The van der Waals surface area contributed by atoms with E-state index in [2.05, 4.69) is 20.9 Å². The second-order valence-corrected chi connectivity index (χ2v) is 3.77. The van der Waals surface area contributed by atoms with E-state index in [9.17, 15) is 9.59 Å². The third-order valence-corrected chi connectivity index (χ3v) is 2.28. The fourth-order valence-electron chi connectivity index (χ4n) is 0.995. The molecule has 0 spiro atoms. The van der Waals surface area contributed by atoms with Gasteiger partial charge < -0.3 is 9.84 Å². The number of esters is 1. The summed E-state index contributed by atoms with van der Waals surface area (Å²) in [5.41, 5.74) is -0.109. The van der Waals surface area contributed by atoms with Crippen molar-refractivity contribution in [3.63, 3.8) is 0 Å². The number of hydrogen-bond donors (Lipinski definition) is 1. The van der Waals surface area contributed by atoms with Crippen LogP contribution in [0.15, 0.2) is 16.7 Å². The van der Waals surface area contributed by atoms with E-state index >= 15 is 0 Å².